The van der Waals surface area contributed by atoms with Crippen molar-refractivity contribution in [3.05, 3.63) is 68.8 Å². The van der Waals surface area contributed by atoms with Crippen molar-refractivity contribution in [1.29, 1.82) is 0 Å². The Balaban J connectivity index is 0.00000180. The Bertz CT molecular complexity index is 581. The van der Waals surface area contributed by atoms with E-state index in [9.17, 15) is 20.2 Å². The minimum atomic E-state index is -0.499. The molecule has 0 N–H and O–H groups in total. The SMILES string of the molecule is O=[N+]([O-])c1cccc(-c2cccc([N+](=O)[O-])c2)c1.[H-].[Na+]. The minimum Gasteiger partial charge on any atom is -1.00 e. The fourth-order valence-corrected chi connectivity index (χ4v) is 1.60. The molecule has 2 rings (SSSR count). The molecule has 0 saturated carbocycles. The van der Waals surface area contributed by atoms with Gasteiger partial charge in [0, 0.05) is 24.3 Å². The van der Waals surface area contributed by atoms with E-state index in [-0.39, 0.29) is 42.4 Å². The summed E-state index contributed by atoms with van der Waals surface area (Å²) in [6.45, 7) is 0. The van der Waals surface area contributed by atoms with Crippen molar-refractivity contribution in [2.45, 2.75) is 0 Å². The third kappa shape index (κ3) is 3.60. The second-order valence-electron chi connectivity index (χ2n) is 3.61. The molecule has 0 aliphatic rings. The zero-order valence-corrected chi connectivity index (χ0v) is 12.1. The molecule has 0 radical (unpaired) electrons. The van der Waals surface area contributed by atoms with E-state index < -0.39 is 9.85 Å². The topological polar surface area (TPSA) is 86.3 Å². The largest absolute Gasteiger partial charge is 1.00 e. The maximum Gasteiger partial charge on any atom is 1.00 e. The molecule has 0 unspecified atom stereocenters. The van der Waals surface area contributed by atoms with Crippen LogP contribution in [0.2, 0.25) is 0 Å². The van der Waals surface area contributed by atoms with Crippen LogP contribution >= 0.6 is 0 Å². The molecule has 0 amide bonds. The van der Waals surface area contributed by atoms with Crippen molar-refractivity contribution in [1.82, 2.24) is 0 Å². The Morgan fingerprint density at radius 2 is 1.16 bits per heavy atom. The van der Waals surface area contributed by atoms with Gasteiger partial charge in [-0.3, -0.25) is 20.2 Å². The van der Waals surface area contributed by atoms with Crippen LogP contribution in [0.3, 0.4) is 0 Å². The summed E-state index contributed by atoms with van der Waals surface area (Å²) in [7, 11) is 0. The van der Waals surface area contributed by atoms with Crippen LogP contribution in [0.15, 0.2) is 48.5 Å². The van der Waals surface area contributed by atoms with E-state index in [2.05, 4.69) is 0 Å². The van der Waals surface area contributed by atoms with Gasteiger partial charge in [-0.05, 0) is 11.1 Å². The summed E-state index contributed by atoms with van der Waals surface area (Å²) in [4.78, 5) is 20.3. The standard InChI is InChI=1S/C12H8N2O4.Na.H/c15-13(16)11-5-1-3-9(7-11)10-4-2-6-12(8-10)14(17)18;;/h1-8H;;/q;+1;-1. The Morgan fingerprint density at radius 3 is 1.47 bits per heavy atom. The Labute approximate surface area is 132 Å². The van der Waals surface area contributed by atoms with E-state index in [1.54, 1.807) is 24.3 Å². The molecule has 7 heteroatoms. The molecule has 6 nitrogen and oxygen atoms in total. The van der Waals surface area contributed by atoms with Crippen molar-refractivity contribution in [2.24, 2.45) is 0 Å². The number of hydrogen-bond donors (Lipinski definition) is 0. The van der Waals surface area contributed by atoms with Gasteiger partial charge in [-0.1, -0.05) is 24.3 Å². The summed E-state index contributed by atoms with van der Waals surface area (Å²) in [5.74, 6) is 0. The van der Waals surface area contributed by atoms with E-state index in [1.165, 1.54) is 24.3 Å². The molecule has 0 aromatic heterocycles. The first-order chi connectivity index (χ1) is 8.58. The zero-order chi connectivity index (χ0) is 13.1. The molecule has 0 aliphatic carbocycles. The van der Waals surface area contributed by atoms with Gasteiger partial charge in [0.15, 0.2) is 0 Å². The summed E-state index contributed by atoms with van der Waals surface area (Å²) >= 11 is 0. The molecule has 0 heterocycles. The first-order valence-electron chi connectivity index (χ1n) is 5.07. The predicted molar refractivity (Wildman–Crippen MR) is 66.3 cm³/mol. The molecule has 0 spiro atoms. The number of nitrogens with zero attached hydrogens (tertiary/aromatic N) is 2. The summed E-state index contributed by atoms with van der Waals surface area (Å²) < 4.78 is 0. The molecular weight excluding hydrogens is 259 g/mol. The van der Waals surface area contributed by atoms with Crippen molar-refractivity contribution in [3.63, 3.8) is 0 Å². The van der Waals surface area contributed by atoms with Crippen LogP contribution < -0.4 is 29.6 Å². The molecule has 92 valence electrons. The van der Waals surface area contributed by atoms with Gasteiger partial charge >= 0.3 is 29.6 Å². The quantitative estimate of drug-likeness (QED) is 0.454. The maximum absolute atomic E-state index is 10.7. The molecule has 19 heavy (non-hydrogen) atoms. The number of nitro benzene ring substituents is 2. The summed E-state index contributed by atoms with van der Waals surface area (Å²) in [6.07, 6.45) is 0. The summed E-state index contributed by atoms with van der Waals surface area (Å²) in [6, 6.07) is 12.0. The van der Waals surface area contributed by atoms with Crippen molar-refractivity contribution >= 4 is 11.4 Å². The van der Waals surface area contributed by atoms with E-state index in [1.807, 2.05) is 0 Å². The molecule has 0 saturated heterocycles. The normalized spacial score (nSPS) is 9.47. The average Bonchev–Trinajstić information content (AvgIpc) is 2.39. The number of non-ortho nitro benzene ring substituents is 2. The summed E-state index contributed by atoms with van der Waals surface area (Å²) in [5, 5.41) is 21.3. The van der Waals surface area contributed by atoms with Crippen molar-refractivity contribution in [2.75, 3.05) is 0 Å². The molecule has 0 fully saturated rings. The Kier molecular flexibility index (Phi) is 5.17. The van der Waals surface area contributed by atoms with Crippen LogP contribution in [0.5, 0.6) is 0 Å². The van der Waals surface area contributed by atoms with Crippen LogP contribution in [0, 0.1) is 20.2 Å². The van der Waals surface area contributed by atoms with Gasteiger partial charge in [0.25, 0.3) is 11.4 Å². The Hall–Kier alpha value is -1.76. The third-order valence-electron chi connectivity index (χ3n) is 2.45. The van der Waals surface area contributed by atoms with Crippen LogP contribution in [0.25, 0.3) is 11.1 Å². The fraction of sp³-hybridized carbons (Fsp3) is 0. The third-order valence-corrected chi connectivity index (χ3v) is 2.45. The molecule has 2 aromatic carbocycles. The minimum absolute atomic E-state index is 0. The zero-order valence-electron chi connectivity index (χ0n) is 11.1. The van der Waals surface area contributed by atoms with E-state index in [4.69, 9.17) is 0 Å². The average molecular weight is 268 g/mol. The first-order valence-corrected chi connectivity index (χ1v) is 5.07. The van der Waals surface area contributed by atoms with Gasteiger partial charge < -0.3 is 1.43 Å². The van der Waals surface area contributed by atoms with Gasteiger partial charge in [0.1, 0.15) is 0 Å². The van der Waals surface area contributed by atoms with Crippen molar-refractivity contribution < 1.29 is 40.8 Å². The van der Waals surface area contributed by atoms with Gasteiger partial charge in [-0.15, -0.1) is 0 Å². The van der Waals surface area contributed by atoms with Crippen LogP contribution in [-0.2, 0) is 0 Å². The van der Waals surface area contributed by atoms with Crippen molar-refractivity contribution in [3.8, 4) is 11.1 Å². The van der Waals surface area contributed by atoms with Crippen LogP contribution in [0.4, 0.5) is 11.4 Å². The second-order valence-corrected chi connectivity index (χ2v) is 3.61. The number of nitro groups is 2. The molecule has 0 bridgehead atoms. The van der Waals surface area contributed by atoms with E-state index in [0.29, 0.717) is 11.1 Å². The van der Waals surface area contributed by atoms with Gasteiger partial charge in [0.2, 0.25) is 0 Å². The van der Waals surface area contributed by atoms with Crippen LogP contribution in [-0.4, -0.2) is 9.85 Å². The van der Waals surface area contributed by atoms with Gasteiger partial charge in [-0.25, -0.2) is 0 Å². The first kappa shape index (κ1) is 15.3. The predicted octanol–water partition coefficient (Wildman–Crippen LogP) is 0.286. The van der Waals surface area contributed by atoms with E-state index in [0.717, 1.165) is 0 Å². The molecular formula is C12H9N2NaO4. The molecule has 0 atom stereocenters. The monoisotopic (exact) mass is 268 g/mol. The number of rotatable bonds is 3. The van der Waals surface area contributed by atoms with E-state index >= 15 is 0 Å². The Morgan fingerprint density at radius 1 is 0.789 bits per heavy atom. The fourth-order valence-electron chi connectivity index (χ4n) is 1.60. The number of benzene rings is 2. The smallest absolute Gasteiger partial charge is 1.00 e. The summed E-state index contributed by atoms with van der Waals surface area (Å²) in [5.41, 5.74) is 1.07. The number of hydrogen-bond acceptors (Lipinski definition) is 4. The second kappa shape index (κ2) is 6.42. The van der Waals surface area contributed by atoms with Crippen LogP contribution in [0.1, 0.15) is 1.43 Å². The molecule has 2 aromatic rings. The maximum atomic E-state index is 10.7. The van der Waals surface area contributed by atoms with Gasteiger partial charge in [-0.2, -0.15) is 0 Å². The van der Waals surface area contributed by atoms with Gasteiger partial charge in [0.05, 0.1) is 9.85 Å². The molecule has 0 aliphatic heterocycles.